The van der Waals surface area contributed by atoms with Crippen LogP contribution in [0.2, 0.25) is 0 Å². The minimum atomic E-state index is -0.0620. The van der Waals surface area contributed by atoms with Gasteiger partial charge in [-0.15, -0.1) is 11.3 Å². The van der Waals surface area contributed by atoms with Crippen LogP contribution in [-0.2, 0) is 19.5 Å². The highest BCUT2D eigenvalue weighted by Gasteiger charge is 2.22. The predicted octanol–water partition coefficient (Wildman–Crippen LogP) is 2.33. The quantitative estimate of drug-likeness (QED) is 0.768. The third-order valence-electron chi connectivity index (χ3n) is 4.96. The molecule has 0 bridgehead atoms. The lowest BCUT2D eigenvalue weighted by atomic mass is 10.1. The van der Waals surface area contributed by atoms with Gasteiger partial charge in [0, 0.05) is 24.4 Å². The molecule has 0 aliphatic carbocycles. The van der Waals surface area contributed by atoms with Gasteiger partial charge in [0.1, 0.15) is 17.5 Å². The van der Waals surface area contributed by atoms with Gasteiger partial charge in [0.15, 0.2) is 11.5 Å². The number of aromatic nitrogens is 2. The molecule has 7 heteroatoms. The van der Waals surface area contributed by atoms with E-state index in [9.17, 15) is 4.79 Å². The van der Waals surface area contributed by atoms with Crippen LogP contribution in [0.5, 0.6) is 11.5 Å². The van der Waals surface area contributed by atoms with Crippen molar-refractivity contribution in [2.24, 2.45) is 0 Å². The van der Waals surface area contributed by atoms with Gasteiger partial charge in [0.05, 0.1) is 11.7 Å². The van der Waals surface area contributed by atoms with Crippen molar-refractivity contribution in [2.45, 2.75) is 32.0 Å². The largest absolute Gasteiger partial charge is 0.486 e. The second kappa shape index (κ2) is 6.41. The van der Waals surface area contributed by atoms with E-state index in [0.717, 1.165) is 41.2 Å². The molecule has 0 amide bonds. The number of rotatable bonds is 3. The van der Waals surface area contributed by atoms with Gasteiger partial charge in [0.25, 0.3) is 5.56 Å². The predicted molar refractivity (Wildman–Crippen MR) is 100 cm³/mol. The van der Waals surface area contributed by atoms with Crippen molar-refractivity contribution in [3.8, 4) is 11.5 Å². The molecule has 0 saturated carbocycles. The Morgan fingerprint density at radius 1 is 1.31 bits per heavy atom. The van der Waals surface area contributed by atoms with E-state index in [4.69, 9.17) is 9.47 Å². The normalized spacial score (nSPS) is 18.7. The Hall–Kier alpha value is -2.38. The second-order valence-corrected chi connectivity index (χ2v) is 7.72. The number of nitrogens with one attached hydrogen (secondary N) is 1. The fraction of sp³-hybridized carbons (Fsp3) is 0.368. The zero-order valence-electron chi connectivity index (χ0n) is 14.2. The lowest BCUT2D eigenvalue weighted by Crippen LogP contribution is -2.32. The van der Waals surface area contributed by atoms with Crippen LogP contribution in [-0.4, -0.2) is 28.8 Å². The molecule has 0 radical (unpaired) electrons. The number of benzene rings is 1. The first-order valence-corrected chi connectivity index (χ1v) is 9.70. The van der Waals surface area contributed by atoms with Crippen molar-refractivity contribution in [1.82, 2.24) is 14.9 Å². The topological polar surface area (TPSA) is 65.4 Å². The summed E-state index contributed by atoms with van der Waals surface area (Å²) in [4.78, 5) is 19.6. The molecule has 6 nitrogen and oxygen atoms in total. The summed E-state index contributed by atoms with van der Waals surface area (Å²) in [5, 5.41) is 4.16. The summed E-state index contributed by atoms with van der Waals surface area (Å²) in [6.07, 6.45) is 3.20. The van der Waals surface area contributed by atoms with Crippen molar-refractivity contribution in [3.63, 3.8) is 0 Å². The number of nitrogens with zero attached hydrogens (tertiary/aromatic N) is 2. The molecular formula is C19H19N3O3S. The first-order chi connectivity index (χ1) is 12.8. The van der Waals surface area contributed by atoms with Crippen molar-refractivity contribution in [1.29, 1.82) is 0 Å². The number of hydrogen-bond acceptors (Lipinski definition) is 6. The monoisotopic (exact) mass is 369 g/mol. The van der Waals surface area contributed by atoms with Gasteiger partial charge < -0.3 is 14.8 Å². The van der Waals surface area contributed by atoms with Gasteiger partial charge in [-0.3, -0.25) is 9.36 Å². The molecule has 134 valence electrons. The summed E-state index contributed by atoms with van der Waals surface area (Å²) in [6.45, 7) is 2.82. The van der Waals surface area contributed by atoms with E-state index in [0.29, 0.717) is 19.6 Å². The minimum Gasteiger partial charge on any atom is -0.486 e. The van der Waals surface area contributed by atoms with Crippen LogP contribution in [0.15, 0.2) is 35.4 Å². The van der Waals surface area contributed by atoms with Crippen LogP contribution in [0.4, 0.5) is 0 Å². The third-order valence-corrected chi connectivity index (χ3v) is 6.10. The van der Waals surface area contributed by atoms with Crippen LogP contribution in [0.1, 0.15) is 16.9 Å². The Kier molecular flexibility index (Phi) is 3.90. The lowest BCUT2D eigenvalue weighted by molar-refractivity contribution is 0.0814. The zero-order valence-corrected chi connectivity index (χ0v) is 15.1. The number of hydrogen-bond donors (Lipinski definition) is 1. The summed E-state index contributed by atoms with van der Waals surface area (Å²) in [5.74, 6) is 1.55. The molecule has 26 heavy (non-hydrogen) atoms. The van der Waals surface area contributed by atoms with E-state index in [1.807, 2.05) is 24.3 Å². The van der Waals surface area contributed by atoms with Crippen LogP contribution < -0.4 is 20.3 Å². The van der Waals surface area contributed by atoms with E-state index in [1.54, 1.807) is 22.2 Å². The third kappa shape index (κ3) is 2.68. The second-order valence-electron chi connectivity index (χ2n) is 6.64. The number of ether oxygens (including phenoxy) is 2. The molecule has 2 aromatic heterocycles. The van der Waals surface area contributed by atoms with Crippen LogP contribution in [0.3, 0.4) is 0 Å². The molecule has 3 aromatic rings. The molecular weight excluding hydrogens is 350 g/mol. The zero-order chi connectivity index (χ0) is 17.5. The van der Waals surface area contributed by atoms with Crippen molar-refractivity contribution in [3.05, 3.63) is 51.4 Å². The van der Waals surface area contributed by atoms with Crippen molar-refractivity contribution in [2.75, 3.05) is 13.2 Å². The Morgan fingerprint density at radius 3 is 3.12 bits per heavy atom. The highest BCUT2D eigenvalue weighted by molar-refractivity contribution is 7.18. The highest BCUT2D eigenvalue weighted by Crippen LogP contribution is 2.32. The standard InChI is InChI=1S/C19H19N3O3S/c23-19-17-13-5-7-20-9-16(13)26-18(17)21-11-22(19)8-6-12-10-24-14-3-1-2-4-15(14)25-12/h1-4,11-12,20H,5-10H2. The fourth-order valence-corrected chi connectivity index (χ4v) is 4.75. The maximum Gasteiger partial charge on any atom is 0.262 e. The summed E-state index contributed by atoms with van der Waals surface area (Å²) in [7, 11) is 0. The van der Waals surface area contributed by atoms with Gasteiger partial charge in [0.2, 0.25) is 0 Å². The summed E-state index contributed by atoms with van der Waals surface area (Å²) < 4.78 is 13.5. The number of aryl methyl sites for hydroxylation is 1. The first kappa shape index (κ1) is 15.8. The minimum absolute atomic E-state index is 0.0616. The SMILES string of the molecule is O=c1c2c3c(sc2ncn1CCC1COc2ccccc2O1)CNCC3. The molecule has 1 atom stereocenters. The van der Waals surface area contributed by atoms with Crippen LogP contribution in [0.25, 0.3) is 10.2 Å². The number of thiophene rings is 1. The Labute approximate surface area is 154 Å². The van der Waals surface area contributed by atoms with E-state index in [-0.39, 0.29) is 11.7 Å². The molecule has 1 aromatic carbocycles. The summed E-state index contributed by atoms with van der Waals surface area (Å²) >= 11 is 1.63. The summed E-state index contributed by atoms with van der Waals surface area (Å²) in [5.41, 5.74) is 1.24. The maximum atomic E-state index is 13.0. The van der Waals surface area contributed by atoms with Gasteiger partial charge in [-0.1, -0.05) is 12.1 Å². The highest BCUT2D eigenvalue weighted by atomic mass is 32.1. The smallest absolute Gasteiger partial charge is 0.262 e. The van der Waals surface area contributed by atoms with E-state index >= 15 is 0 Å². The van der Waals surface area contributed by atoms with Crippen molar-refractivity contribution >= 4 is 21.6 Å². The Balaban J connectivity index is 1.37. The summed E-state index contributed by atoms with van der Waals surface area (Å²) in [6, 6.07) is 7.68. The molecule has 0 fully saturated rings. The molecule has 0 saturated heterocycles. The van der Waals surface area contributed by atoms with Gasteiger partial charge in [-0.25, -0.2) is 4.98 Å². The molecule has 5 rings (SSSR count). The van der Waals surface area contributed by atoms with Crippen LogP contribution in [0, 0.1) is 0 Å². The maximum absolute atomic E-state index is 13.0. The van der Waals surface area contributed by atoms with Gasteiger partial charge in [-0.05, 0) is 30.7 Å². The van der Waals surface area contributed by atoms with Crippen LogP contribution >= 0.6 is 11.3 Å². The molecule has 1 N–H and O–H groups in total. The number of fused-ring (bicyclic) bond motifs is 4. The fourth-order valence-electron chi connectivity index (χ4n) is 3.60. The molecule has 0 spiro atoms. The molecule has 4 heterocycles. The van der Waals surface area contributed by atoms with E-state index in [1.165, 1.54) is 10.4 Å². The molecule has 2 aliphatic rings. The van der Waals surface area contributed by atoms with Gasteiger partial charge in [-0.2, -0.15) is 0 Å². The lowest BCUT2D eigenvalue weighted by Gasteiger charge is -2.26. The first-order valence-electron chi connectivity index (χ1n) is 8.88. The van der Waals surface area contributed by atoms with E-state index < -0.39 is 0 Å². The molecule has 1 unspecified atom stereocenters. The average molecular weight is 369 g/mol. The van der Waals surface area contributed by atoms with Crippen molar-refractivity contribution < 1.29 is 9.47 Å². The Bertz CT molecular complexity index is 1030. The molecule has 2 aliphatic heterocycles. The number of para-hydroxylation sites is 2. The van der Waals surface area contributed by atoms with E-state index in [2.05, 4.69) is 10.3 Å². The average Bonchev–Trinajstić information content (AvgIpc) is 3.06. The van der Waals surface area contributed by atoms with Gasteiger partial charge >= 0.3 is 0 Å². The Morgan fingerprint density at radius 2 is 2.19 bits per heavy atom.